The minimum absolute atomic E-state index is 0.0837. The first-order valence-electron chi connectivity index (χ1n) is 6.63. The number of aliphatic hydroxyl groups is 1. The maximum atomic E-state index is 9.50. The largest absolute Gasteiger partial charge is 0.393 e. The van der Waals surface area contributed by atoms with Crippen molar-refractivity contribution in [2.24, 2.45) is 5.92 Å². The third-order valence-electron chi connectivity index (χ3n) is 4.05. The number of aromatic nitrogens is 2. The fourth-order valence-electron chi connectivity index (χ4n) is 2.48. The van der Waals surface area contributed by atoms with Gasteiger partial charge in [0.25, 0.3) is 0 Å². The molecular weight excluding hydrogens is 216 g/mol. The van der Waals surface area contributed by atoms with E-state index in [4.69, 9.17) is 4.52 Å². The summed E-state index contributed by atoms with van der Waals surface area (Å²) in [7, 11) is 0. The van der Waals surface area contributed by atoms with Crippen molar-refractivity contribution in [3.63, 3.8) is 0 Å². The Morgan fingerprint density at radius 2 is 2.18 bits per heavy atom. The van der Waals surface area contributed by atoms with Crippen LogP contribution in [0.3, 0.4) is 0 Å². The summed E-state index contributed by atoms with van der Waals surface area (Å²) < 4.78 is 5.25. The zero-order valence-electron chi connectivity index (χ0n) is 10.9. The summed E-state index contributed by atoms with van der Waals surface area (Å²) in [5.74, 6) is 2.59. The van der Waals surface area contributed by atoms with Crippen molar-refractivity contribution in [3.05, 3.63) is 11.7 Å². The van der Waals surface area contributed by atoms with Crippen LogP contribution in [0.4, 0.5) is 0 Å². The van der Waals surface area contributed by atoms with Crippen LogP contribution in [0.2, 0.25) is 0 Å². The lowest BCUT2D eigenvalue weighted by molar-refractivity contribution is 0.151. The van der Waals surface area contributed by atoms with E-state index in [-0.39, 0.29) is 5.92 Å². The fraction of sp³-hybridized carbons (Fsp3) is 0.846. The number of nitrogens with zero attached hydrogens (tertiary/aromatic N) is 2. The molecule has 96 valence electrons. The van der Waals surface area contributed by atoms with E-state index in [1.807, 2.05) is 6.92 Å². The van der Waals surface area contributed by atoms with Crippen molar-refractivity contribution in [2.75, 3.05) is 0 Å². The zero-order chi connectivity index (χ0) is 12.4. The highest BCUT2D eigenvalue weighted by Gasteiger charge is 2.29. The van der Waals surface area contributed by atoms with E-state index >= 15 is 0 Å². The smallest absolute Gasteiger partial charge is 0.232 e. The van der Waals surface area contributed by atoms with E-state index in [0.717, 1.165) is 11.7 Å². The second-order valence-electron chi connectivity index (χ2n) is 5.30. The van der Waals surface area contributed by atoms with Crippen LogP contribution in [0.15, 0.2) is 4.52 Å². The number of rotatable bonds is 4. The molecule has 1 aliphatic carbocycles. The molecule has 2 rings (SSSR count). The molecule has 1 heterocycles. The molecule has 1 fully saturated rings. The summed E-state index contributed by atoms with van der Waals surface area (Å²) in [4.78, 5) is 4.44. The third-order valence-corrected chi connectivity index (χ3v) is 4.05. The van der Waals surface area contributed by atoms with Crippen molar-refractivity contribution in [1.82, 2.24) is 10.1 Å². The molecule has 1 aromatic heterocycles. The average Bonchev–Trinajstić information content (AvgIpc) is 2.96. The van der Waals surface area contributed by atoms with Crippen LogP contribution < -0.4 is 0 Å². The lowest BCUT2D eigenvalue weighted by Crippen LogP contribution is -2.11. The van der Waals surface area contributed by atoms with E-state index in [9.17, 15) is 5.11 Å². The van der Waals surface area contributed by atoms with Gasteiger partial charge in [0, 0.05) is 5.92 Å². The standard InChI is InChI=1S/C13H22N2O2/c1-4-10-5-6-11(7-10)12-14-13(17-15-12)8(2)9(3)16/h8-11,16H,4-7H2,1-3H3. The summed E-state index contributed by atoms with van der Waals surface area (Å²) in [6.45, 7) is 5.90. The highest BCUT2D eigenvalue weighted by molar-refractivity contribution is 5.02. The molecular formula is C13H22N2O2. The van der Waals surface area contributed by atoms with Gasteiger partial charge >= 0.3 is 0 Å². The van der Waals surface area contributed by atoms with Crippen LogP contribution in [0, 0.1) is 5.92 Å². The average molecular weight is 238 g/mol. The zero-order valence-corrected chi connectivity index (χ0v) is 10.9. The molecule has 17 heavy (non-hydrogen) atoms. The molecule has 0 aromatic carbocycles. The summed E-state index contributed by atoms with van der Waals surface area (Å²) in [6.07, 6.45) is 4.41. The van der Waals surface area contributed by atoms with E-state index in [1.54, 1.807) is 6.92 Å². The Morgan fingerprint density at radius 3 is 2.76 bits per heavy atom. The molecule has 0 amide bonds. The first-order chi connectivity index (χ1) is 8.11. The van der Waals surface area contributed by atoms with Crippen LogP contribution in [-0.2, 0) is 0 Å². The predicted molar refractivity (Wildman–Crippen MR) is 64.8 cm³/mol. The maximum Gasteiger partial charge on any atom is 0.232 e. The van der Waals surface area contributed by atoms with Crippen molar-refractivity contribution < 1.29 is 9.63 Å². The second-order valence-corrected chi connectivity index (χ2v) is 5.30. The molecule has 0 aliphatic heterocycles. The number of hydrogen-bond donors (Lipinski definition) is 1. The minimum atomic E-state index is -0.449. The first-order valence-corrected chi connectivity index (χ1v) is 6.63. The Kier molecular flexibility index (Phi) is 3.82. The van der Waals surface area contributed by atoms with Crippen LogP contribution >= 0.6 is 0 Å². The van der Waals surface area contributed by atoms with Crippen LogP contribution in [0.25, 0.3) is 0 Å². The SMILES string of the molecule is CCC1CCC(c2noc(C(C)C(C)O)n2)C1. The summed E-state index contributed by atoms with van der Waals surface area (Å²) in [6, 6.07) is 0. The highest BCUT2D eigenvalue weighted by atomic mass is 16.5. The quantitative estimate of drug-likeness (QED) is 0.876. The molecule has 4 nitrogen and oxygen atoms in total. The lowest BCUT2D eigenvalue weighted by atomic mass is 10.0. The van der Waals surface area contributed by atoms with E-state index in [1.165, 1.54) is 25.7 Å². The van der Waals surface area contributed by atoms with E-state index in [0.29, 0.717) is 11.8 Å². The minimum Gasteiger partial charge on any atom is -0.393 e. The number of aliphatic hydroxyl groups excluding tert-OH is 1. The van der Waals surface area contributed by atoms with Gasteiger partial charge in [-0.25, -0.2) is 0 Å². The van der Waals surface area contributed by atoms with Gasteiger partial charge in [-0.2, -0.15) is 4.98 Å². The molecule has 1 aliphatic rings. The second kappa shape index (κ2) is 5.17. The van der Waals surface area contributed by atoms with Gasteiger partial charge in [-0.15, -0.1) is 0 Å². The highest BCUT2D eigenvalue weighted by Crippen LogP contribution is 2.38. The van der Waals surface area contributed by atoms with Crippen molar-refractivity contribution >= 4 is 0 Å². The Balaban J connectivity index is 2.04. The first kappa shape index (κ1) is 12.6. The van der Waals surface area contributed by atoms with E-state index < -0.39 is 6.10 Å². The lowest BCUT2D eigenvalue weighted by Gasteiger charge is -2.08. The molecule has 0 spiro atoms. The maximum absolute atomic E-state index is 9.50. The van der Waals surface area contributed by atoms with Crippen molar-refractivity contribution in [3.8, 4) is 0 Å². The van der Waals surface area contributed by atoms with Gasteiger partial charge in [0.15, 0.2) is 5.82 Å². The molecule has 1 N–H and O–H groups in total. The fourth-order valence-corrected chi connectivity index (χ4v) is 2.48. The Bertz CT molecular complexity index is 362. The monoisotopic (exact) mass is 238 g/mol. The van der Waals surface area contributed by atoms with Crippen LogP contribution in [-0.4, -0.2) is 21.4 Å². The van der Waals surface area contributed by atoms with Crippen LogP contribution in [0.5, 0.6) is 0 Å². The summed E-state index contributed by atoms with van der Waals surface area (Å²) >= 11 is 0. The molecule has 4 heteroatoms. The topological polar surface area (TPSA) is 59.2 Å². The normalized spacial score (nSPS) is 28.2. The Hall–Kier alpha value is -0.900. The molecule has 4 atom stereocenters. The van der Waals surface area contributed by atoms with Crippen LogP contribution in [0.1, 0.15) is 70.0 Å². The Morgan fingerprint density at radius 1 is 1.41 bits per heavy atom. The van der Waals surface area contributed by atoms with Gasteiger partial charge in [-0.05, 0) is 32.1 Å². The summed E-state index contributed by atoms with van der Waals surface area (Å²) in [5, 5.41) is 13.6. The van der Waals surface area contributed by atoms with Gasteiger partial charge < -0.3 is 9.63 Å². The molecule has 1 aromatic rings. The molecule has 1 saturated carbocycles. The molecule has 4 unspecified atom stereocenters. The van der Waals surface area contributed by atoms with Gasteiger partial charge in [-0.3, -0.25) is 0 Å². The number of hydrogen-bond acceptors (Lipinski definition) is 4. The summed E-state index contributed by atoms with van der Waals surface area (Å²) in [5.41, 5.74) is 0. The van der Waals surface area contributed by atoms with Gasteiger partial charge in [0.1, 0.15) is 0 Å². The Labute approximate surface area is 102 Å². The third kappa shape index (κ3) is 2.68. The molecule has 0 radical (unpaired) electrons. The molecule has 0 saturated heterocycles. The predicted octanol–water partition coefficient (Wildman–Crippen LogP) is 2.85. The van der Waals surface area contributed by atoms with Crippen molar-refractivity contribution in [1.29, 1.82) is 0 Å². The van der Waals surface area contributed by atoms with Crippen molar-refractivity contribution in [2.45, 2.75) is 64.4 Å². The van der Waals surface area contributed by atoms with Gasteiger partial charge in [0.2, 0.25) is 5.89 Å². The van der Waals surface area contributed by atoms with Gasteiger partial charge in [0.05, 0.1) is 12.0 Å². The van der Waals surface area contributed by atoms with E-state index in [2.05, 4.69) is 17.1 Å². The van der Waals surface area contributed by atoms with Gasteiger partial charge in [-0.1, -0.05) is 25.4 Å². The molecule has 0 bridgehead atoms.